The number of hydrogen-bond donors (Lipinski definition) is 3. The van der Waals surface area contributed by atoms with Crippen LogP contribution in [-0.2, 0) is 4.94 Å². The van der Waals surface area contributed by atoms with E-state index in [-0.39, 0.29) is 12.4 Å². The lowest BCUT2D eigenvalue weighted by atomic mass is 10.2. The molecule has 88 valence electrons. The summed E-state index contributed by atoms with van der Waals surface area (Å²) < 4.78 is 0. The van der Waals surface area contributed by atoms with Crippen molar-refractivity contribution in [3.8, 4) is 11.8 Å². The van der Waals surface area contributed by atoms with E-state index in [1.54, 1.807) is 24.3 Å². The first-order valence-electron chi connectivity index (χ1n) is 4.84. The van der Waals surface area contributed by atoms with Crippen LogP contribution >= 0.6 is 0 Å². The summed E-state index contributed by atoms with van der Waals surface area (Å²) in [5, 5.41) is 19.5. The number of anilines is 1. The summed E-state index contributed by atoms with van der Waals surface area (Å²) in [6.07, 6.45) is 1.43. The van der Waals surface area contributed by atoms with Crippen molar-refractivity contribution < 1.29 is 15.3 Å². The van der Waals surface area contributed by atoms with Crippen molar-refractivity contribution in [2.75, 3.05) is 11.7 Å². The Hall–Kier alpha value is -2.20. The lowest BCUT2D eigenvalue weighted by Crippen LogP contribution is -2.22. The summed E-state index contributed by atoms with van der Waals surface area (Å²) in [6, 6.07) is 7.09. The molecule has 0 spiro atoms. The molecule has 0 aromatic heterocycles. The molecule has 17 heavy (non-hydrogen) atoms. The van der Waals surface area contributed by atoms with E-state index in [2.05, 4.69) is 11.8 Å². The van der Waals surface area contributed by atoms with Crippen LogP contribution in [0.2, 0.25) is 0 Å². The highest BCUT2D eigenvalue weighted by Gasteiger charge is 2.19. The molecule has 1 aliphatic heterocycles. The van der Waals surface area contributed by atoms with E-state index in [0.29, 0.717) is 10.9 Å². The van der Waals surface area contributed by atoms with Crippen LogP contribution < -0.4 is 10.8 Å². The van der Waals surface area contributed by atoms with Crippen LogP contribution in [-0.4, -0.2) is 22.1 Å². The molecule has 0 aliphatic carbocycles. The van der Waals surface area contributed by atoms with Gasteiger partial charge in [-0.25, -0.2) is 0 Å². The smallest absolute Gasteiger partial charge is 0.176 e. The van der Waals surface area contributed by atoms with Gasteiger partial charge >= 0.3 is 0 Å². The van der Waals surface area contributed by atoms with Gasteiger partial charge < -0.3 is 10.8 Å². The minimum atomic E-state index is -0.193. The van der Waals surface area contributed by atoms with Gasteiger partial charge in [0.25, 0.3) is 0 Å². The minimum absolute atomic E-state index is 0.0804. The van der Waals surface area contributed by atoms with E-state index in [1.807, 2.05) is 0 Å². The van der Waals surface area contributed by atoms with E-state index in [1.165, 1.54) is 11.3 Å². The van der Waals surface area contributed by atoms with Crippen molar-refractivity contribution in [3.63, 3.8) is 0 Å². The number of rotatable bonds is 1. The molecule has 0 saturated heterocycles. The van der Waals surface area contributed by atoms with Gasteiger partial charge in [0.2, 0.25) is 0 Å². The molecular weight excluding hydrogens is 222 g/mol. The van der Waals surface area contributed by atoms with Gasteiger partial charge in [-0.15, -0.1) is 4.94 Å². The average molecular weight is 233 g/mol. The number of hydroxylamine groups is 3. The van der Waals surface area contributed by atoms with E-state index in [9.17, 15) is 0 Å². The molecule has 2 rings (SSSR count). The van der Waals surface area contributed by atoms with Crippen LogP contribution in [0, 0.1) is 11.8 Å². The average Bonchev–Trinajstić information content (AvgIpc) is 2.68. The molecule has 0 saturated carbocycles. The van der Waals surface area contributed by atoms with Gasteiger partial charge in [-0.3, -0.25) is 5.21 Å². The second kappa shape index (κ2) is 4.76. The van der Waals surface area contributed by atoms with Gasteiger partial charge in [0.05, 0.1) is 11.9 Å². The number of benzene rings is 1. The second-order valence-electron chi connectivity index (χ2n) is 3.24. The Labute approximate surface area is 98.0 Å². The van der Waals surface area contributed by atoms with Gasteiger partial charge in [-0.05, 0) is 18.2 Å². The lowest BCUT2D eigenvalue weighted by molar-refractivity contribution is -0.304. The normalized spacial score (nSPS) is 14.4. The fourth-order valence-corrected chi connectivity index (χ4v) is 1.31. The van der Waals surface area contributed by atoms with E-state index >= 15 is 0 Å². The largest absolute Gasteiger partial charge is 0.384 e. The molecule has 1 aliphatic rings. The van der Waals surface area contributed by atoms with Crippen molar-refractivity contribution in [2.45, 2.75) is 0 Å². The molecular formula is C11H11N3O3. The Morgan fingerprint density at radius 2 is 2.24 bits per heavy atom. The van der Waals surface area contributed by atoms with Crippen molar-refractivity contribution in [2.24, 2.45) is 5.73 Å². The van der Waals surface area contributed by atoms with Gasteiger partial charge in [0.1, 0.15) is 6.61 Å². The monoisotopic (exact) mass is 233 g/mol. The number of nitrogens with two attached hydrogens (primary N) is 1. The highest BCUT2D eigenvalue weighted by atomic mass is 17.0. The first-order valence-corrected chi connectivity index (χ1v) is 4.84. The van der Waals surface area contributed by atoms with Crippen molar-refractivity contribution in [1.82, 2.24) is 5.23 Å². The maximum atomic E-state index is 9.16. The van der Waals surface area contributed by atoms with Crippen molar-refractivity contribution in [3.05, 3.63) is 41.8 Å². The van der Waals surface area contributed by atoms with Gasteiger partial charge in [-0.1, -0.05) is 23.1 Å². The van der Waals surface area contributed by atoms with Crippen molar-refractivity contribution >= 4 is 5.69 Å². The highest BCUT2D eigenvalue weighted by molar-refractivity contribution is 5.53. The quantitative estimate of drug-likeness (QED) is 0.599. The van der Waals surface area contributed by atoms with Gasteiger partial charge in [0, 0.05) is 5.56 Å². The van der Waals surface area contributed by atoms with E-state index < -0.39 is 0 Å². The number of aliphatic hydroxyl groups is 1. The summed E-state index contributed by atoms with van der Waals surface area (Å²) >= 11 is 0. The first-order chi connectivity index (χ1) is 8.20. The van der Waals surface area contributed by atoms with E-state index in [4.69, 9.17) is 21.0 Å². The van der Waals surface area contributed by atoms with Crippen LogP contribution in [0.25, 0.3) is 0 Å². The Kier molecular flexibility index (Phi) is 3.16. The third-order valence-corrected chi connectivity index (χ3v) is 2.05. The zero-order valence-electron chi connectivity index (χ0n) is 8.87. The van der Waals surface area contributed by atoms with Crippen LogP contribution in [0.1, 0.15) is 5.56 Å². The fourth-order valence-electron chi connectivity index (χ4n) is 1.31. The number of aliphatic hydroxyl groups excluding tert-OH is 1. The predicted molar refractivity (Wildman–Crippen MR) is 59.9 cm³/mol. The molecule has 0 unspecified atom stereocenters. The molecule has 0 radical (unpaired) electrons. The van der Waals surface area contributed by atoms with Gasteiger partial charge in [0.15, 0.2) is 5.82 Å². The molecule has 6 nitrogen and oxygen atoms in total. The van der Waals surface area contributed by atoms with Crippen LogP contribution in [0.3, 0.4) is 0 Å². The van der Waals surface area contributed by atoms with Crippen LogP contribution in [0.15, 0.2) is 36.3 Å². The Morgan fingerprint density at radius 3 is 2.88 bits per heavy atom. The molecule has 0 bridgehead atoms. The maximum absolute atomic E-state index is 9.16. The zero-order valence-corrected chi connectivity index (χ0v) is 8.87. The number of nitrogens with zero attached hydrogens (tertiary/aromatic N) is 2. The zero-order chi connectivity index (χ0) is 12.3. The Morgan fingerprint density at radius 1 is 1.41 bits per heavy atom. The minimum Gasteiger partial charge on any atom is -0.384 e. The Balaban J connectivity index is 2.23. The summed E-state index contributed by atoms with van der Waals surface area (Å²) in [5.74, 6) is 5.40. The van der Waals surface area contributed by atoms with Crippen molar-refractivity contribution in [1.29, 1.82) is 0 Å². The molecule has 4 N–H and O–H groups in total. The topological polar surface area (TPSA) is 82.2 Å². The van der Waals surface area contributed by atoms with Crippen LogP contribution in [0.5, 0.6) is 0 Å². The molecule has 0 fully saturated rings. The summed E-state index contributed by atoms with van der Waals surface area (Å²) in [4.78, 5) is 4.93. The first kappa shape index (κ1) is 11.3. The predicted octanol–water partition coefficient (Wildman–Crippen LogP) is 0.146. The maximum Gasteiger partial charge on any atom is 0.176 e. The lowest BCUT2D eigenvalue weighted by Gasteiger charge is -2.15. The molecule has 1 heterocycles. The number of hydrogen-bond acceptors (Lipinski definition) is 6. The highest BCUT2D eigenvalue weighted by Crippen LogP contribution is 2.22. The third kappa shape index (κ3) is 2.49. The SMILES string of the molecule is NC1=CN(c2cccc(C#CCO)c2)ON1O. The third-order valence-electron chi connectivity index (χ3n) is 2.05. The van der Waals surface area contributed by atoms with E-state index in [0.717, 1.165) is 5.56 Å². The standard InChI is InChI=1S/C11H11N3O3/c12-11-8-13(17-14(11)16)10-5-1-3-9(7-10)4-2-6-15/h1,3,5,7-8,15-16H,6,12H2. The summed E-state index contributed by atoms with van der Waals surface area (Å²) in [7, 11) is 0. The fraction of sp³-hybridized carbons (Fsp3) is 0.0909. The summed E-state index contributed by atoms with van der Waals surface area (Å²) in [5.41, 5.74) is 6.82. The molecule has 0 atom stereocenters. The van der Waals surface area contributed by atoms with Gasteiger partial charge in [-0.2, -0.15) is 5.06 Å². The second-order valence-corrected chi connectivity index (χ2v) is 3.24. The Bertz CT molecular complexity index is 504. The summed E-state index contributed by atoms with van der Waals surface area (Å²) in [6.45, 7) is -0.193. The molecule has 6 heteroatoms. The molecule has 1 aromatic carbocycles. The van der Waals surface area contributed by atoms with Crippen LogP contribution in [0.4, 0.5) is 5.69 Å². The molecule has 0 amide bonds. The molecule has 1 aromatic rings.